The Kier molecular flexibility index (Phi) is 28.2. The number of aromatic nitrogens is 7. The van der Waals surface area contributed by atoms with E-state index in [1.807, 2.05) is 26.0 Å². The fourth-order valence-corrected chi connectivity index (χ4v) is 14.4. The number of rotatable bonds is 20. The lowest BCUT2D eigenvalue weighted by molar-refractivity contribution is -0.275. The number of nitrogen functional groups attached to an aromatic ring is 1. The van der Waals surface area contributed by atoms with Gasteiger partial charge in [-0.05, 0) is 190 Å². The van der Waals surface area contributed by atoms with Crippen LogP contribution in [0.4, 0.5) is 61.1 Å². The number of ether oxygens (including phenoxy) is 4. The van der Waals surface area contributed by atoms with E-state index in [9.17, 15) is 67.9 Å². The monoisotopic (exact) mass is 1610 g/mol. The number of carbonyl (C=O) groups excluding carboxylic acids is 4. The topological polar surface area (TPSA) is 278 Å². The molecule has 2 spiro atoms. The Morgan fingerprint density at radius 2 is 0.914 bits per heavy atom. The molecule has 4 fully saturated rings. The number of aromatic carboxylic acids is 1. The molecule has 0 atom stereocenters. The molecule has 11 aromatic rings. The number of nitrogens with one attached hydrogen (secondary N) is 1. The van der Waals surface area contributed by atoms with Crippen molar-refractivity contribution in [1.82, 2.24) is 38.5 Å². The van der Waals surface area contributed by atoms with Crippen molar-refractivity contribution >= 4 is 63.7 Å². The van der Waals surface area contributed by atoms with Crippen LogP contribution in [0.15, 0.2) is 170 Å². The Balaban J connectivity index is 0.000000161. The second-order valence-corrected chi connectivity index (χ2v) is 28.1. The van der Waals surface area contributed by atoms with E-state index in [1.165, 1.54) is 116 Å². The van der Waals surface area contributed by atoms with E-state index in [0.29, 0.717) is 91.1 Å². The predicted molar refractivity (Wildman–Crippen MR) is 413 cm³/mol. The van der Waals surface area contributed by atoms with Gasteiger partial charge in [0.1, 0.15) is 29.4 Å². The summed E-state index contributed by atoms with van der Waals surface area (Å²) in [6.45, 7) is 15.9. The second kappa shape index (κ2) is 37.9. The van der Waals surface area contributed by atoms with Crippen LogP contribution < -0.4 is 36.1 Å². The van der Waals surface area contributed by atoms with Crippen LogP contribution in [0.3, 0.4) is 0 Å². The molecule has 2 saturated carbocycles. The number of amides is 1. The predicted octanol–water partition coefficient (Wildman–Crippen LogP) is 16.3. The fourth-order valence-electron chi connectivity index (χ4n) is 14.4. The van der Waals surface area contributed by atoms with Gasteiger partial charge in [-0.3, -0.25) is 27.6 Å². The van der Waals surface area contributed by atoms with Gasteiger partial charge in [-0.15, -0.1) is 26.3 Å². The number of nitrogens with two attached hydrogens (primary N) is 2. The molecule has 32 heteroatoms. The molecule has 9 heterocycles. The Labute approximate surface area is 661 Å². The number of carboxylic acids is 1. The number of carbonyl (C=O) groups is 5. The lowest BCUT2D eigenvalue weighted by Gasteiger charge is -2.60. The molecule has 116 heavy (non-hydrogen) atoms. The zero-order valence-corrected chi connectivity index (χ0v) is 64.4. The summed E-state index contributed by atoms with van der Waals surface area (Å²) in [6.07, 6.45) is 3.18. The van der Waals surface area contributed by atoms with Crippen LogP contribution >= 0.6 is 0 Å². The van der Waals surface area contributed by atoms with Crippen LogP contribution in [0.1, 0.15) is 163 Å². The van der Waals surface area contributed by atoms with E-state index >= 15 is 0 Å². The Hall–Kier alpha value is -12.1. The van der Waals surface area contributed by atoms with Crippen molar-refractivity contribution in [3.63, 3.8) is 0 Å². The summed E-state index contributed by atoms with van der Waals surface area (Å²) in [6, 6.07) is 40.2. The minimum atomic E-state index is -4.69. The first-order valence-corrected chi connectivity index (χ1v) is 37.6. The lowest BCUT2D eigenvalue weighted by Crippen LogP contribution is -2.61. The number of aryl methyl sites for hydroxylation is 3. The number of hydrogen-bond acceptors (Lipinski definition) is 17. The zero-order valence-electron chi connectivity index (χ0n) is 64.4. The van der Waals surface area contributed by atoms with Gasteiger partial charge in [0.2, 0.25) is 0 Å². The maximum Gasteiger partial charge on any atom is 0.573 e. The van der Waals surface area contributed by atoms with Gasteiger partial charge in [0.05, 0.1) is 30.3 Å². The number of fused-ring (bicyclic) bond motifs is 3. The molecule has 6 N–H and O–H groups in total. The summed E-state index contributed by atoms with van der Waals surface area (Å²) in [5.74, 6) is -3.61. The maximum absolute atomic E-state index is 14.1. The number of hydrogen-bond donors (Lipinski definition) is 4. The highest BCUT2D eigenvalue weighted by molar-refractivity contribution is 5.96. The molecular formula is C84H88F10N12O10. The van der Waals surface area contributed by atoms with E-state index in [4.69, 9.17) is 21.3 Å². The van der Waals surface area contributed by atoms with E-state index in [1.54, 1.807) is 70.4 Å². The summed E-state index contributed by atoms with van der Waals surface area (Å²) < 4.78 is 148. The molecule has 15 rings (SSSR count). The number of pyridine rings is 4. The maximum atomic E-state index is 14.1. The van der Waals surface area contributed by atoms with Crippen molar-refractivity contribution in [1.29, 1.82) is 0 Å². The van der Waals surface area contributed by atoms with Crippen molar-refractivity contribution in [3.05, 3.63) is 250 Å². The van der Waals surface area contributed by atoms with E-state index in [2.05, 4.69) is 85.7 Å². The third kappa shape index (κ3) is 21.5. The van der Waals surface area contributed by atoms with Gasteiger partial charge in [0, 0.05) is 92.7 Å². The summed E-state index contributed by atoms with van der Waals surface area (Å²) in [4.78, 5) is 77.2. The number of benzene rings is 4. The summed E-state index contributed by atoms with van der Waals surface area (Å²) in [5, 5.41) is 11.9. The van der Waals surface area contributed by atoms with Crippen LogP contribution in [0.2, 0.25) is 0 Å². The summed E-state index contributed by atoms with van der Waals surface area (Å²) in [7, 11) is 0. The highest BCUT2D eigenvalue weighted by Gasteiger charge is 2.54. The molecule has 0 bridgehead atoms. The molecule has 7 aromatic heterocycles. The molecule has 4 aliphatic rings. The van der Waals surface area contributed by atoms with E-state index < -0.39 is 53.9 Å². The molecule has 2 aliphatic carbocycles. The second-order valence-electron chi connectivity index (χ2n) is 28.1. The number of alkyl halides is 6. The minimum Gasteiger partial charge on any atom is -0.477 e. The molecule has 0 radical (unpaired) electrons. The first-order valence-electron chi connectivity index (χ1n) is 37.6. The number of ketones is 1. The third-order valence-electron chi connectivity index (χ3n) is 20.0. The van der Waals surface area contributed by atoms with Crippen LogP contribution in [0, 0.1) is 34.1 Å². The van der Waals surface area contributed by atoms with Crippen molar-refractivity contribution in [2.24, 2.45) is 16.6 Å². The minimum absolute atomic E-state index is 0.0343. The van der Waals surface area contributed by atoms with Gasteiger partial charge in [0.25, 0.3) is 5.91 Å². The number of nitrogens with zero attached hydrogens (tertiary/aromatic N) is 9. The van der Waals surface area contributed by atoms with E-state index in [-0.39, 0.29) is 70.1 Å². The van der Waals surface area contributed by atoms with Gasteiger partial charge in [-0.2, -0.15) is 0 Å². The third-order valence-corrected chi connectivity index (χ3v) is 20.0. The molecule has 0 unspecified atom stereocenters. The lowest BCUT2D eigenvalue weighted by atomic mass is 9.56. The Morgan fingerprint density at radius 1 is 0.517 bits per heavy atom. The first kappa shape index (κ1) is 86.3. The van der Waals surface area contributed by atoms with Crippen LogP contribution in [-0.4, -0.2) is 120 Å². The highest BCUT2D eigenvalue weighted by atomic mass is 19.4. The van der Waals surface area contributed by atoms with Gasteiger partial charge >= 0.3 is 30.6 Å². The SMILES string of the molecule is CCOC(=O)CC(=O)CC.CCOC(=O)c1c(CC)nc2c(F)cccn12.CCc1nc2c(F)cccn2c1C(=O)NCc1ccc(C2CC3(C2)CN(c2ccc(OC(F)(F)F)cc2)C3)cc1.CCc1nc2c(F)cccn2c1C(=O)O.NCc1ccc(C2CC3(C2)CN(c2ccc(OC(F)(F)F)cc2)C3)cc1.Nc1ncccc1F. The number of Topliss-reactive ketones (excluding diaryl/α,β-unsaturated/α-hetero) is 1. The molecular weight excluding hydrogens is 1530 g/mol. The van der Waals surface area contributed by atoms with E-state index in [0.717, 1.165) is 61.5 Å². The van der Waals surface area contributed by atoms with Gasteiger partial charge in [-0.1, -0.05) is 76.2 Å². The standard InChI is InChI=1S/C30H28F4N4O2.C20H21F3N2O.C12H13FN2O2.C10H9FN2O2.C7H12O3.C5H5FN2/c1-2-25-26(38-13-3-4-24(31)27(38)36-25)28(39)35-16-19-5-7-20(8-6-19)21-14-29(15-21)17-37(18-29)22-9-11-23(12-10-22)40-30(32,33)34;21-20(22,23)26-18-7-5-17(6-8-18)25-12-19(13-25)9-16(10-19)15-3-1-14(11-24)2-4-15;1-3-9-10(12(16)17-4-2)15-7-5-6-8(13)11(15)14-9;1-2-7-8(10(14)15)13-5-3-4-6(11)9(13)12-7;1-3-6(8)5-7(9)10-4-2;6-4-2-1-3-8-5(4)7/h3-13,21H,2,14-18H2,1H3,(H,35,39);1-8,16H,9-13,24H2;5-7H,3-4H2,1-2H3;3-5H,2H2,1H3,(H,14,15);3-5H2,1-2H3;1-3H,(H2,7,8). The van der Waals surface area contributed by atoms with Crippen molar-refractivity contribution in [2.75, 3.05) is 54.9 Å². The van der Waals surface area contributed by atoms with Crippen LogP contribution in [-0.2, 0) is 51.4 Å². The fraction of sp³-hybridized carbons (Fsp3) is 0.345. The van der Waals surface area contributed by atoms with Gasteiger partial charge in [0.15, 0.2) is 57.4 Å². The highest BCUT2D eigenvalue weighted by Crippen LogP contribution is 2.58. The molecule has 4 aromatic carbocycles. The number of esters is 2. The molecule has 22 nitrogen and oxygen atoms in total. The van der Waals surface area contributed by atoms with Crippen molar-refractivity contribution < 1.29 is 91.9 Å². The van der Waals surface area contributed by atoms with Gasteiger partial charge in [-0.25, -0.2) is 47.1 Å². The quantitative estimate of drug-likeness (QED) is 0.0313. The molecule has 2 saturated heterocycles. The van der Waals surface area contributed by atoms with Crippen molar-refractivity contribution in [2.45, 2.75) is 137 Å². The number of carboxylic acid groups (broad SMARTS) is 1. The smallest absolute Gasteiger partial charge is 0.477 e. The zero-order chi connectivity index (χ0) is 83.8. The van der Waals surface area contributed by atoms with Crippen LogP contribution in [0.25, 0.3) is 16.9 Å². The number of halogens is 10. The summed E-state index contributed by atoms with van der Waals surface area (Å²) >= 11 is 0. The Bertz CT molecular complexity index is 5180. The average Bonchev–Trinajstić information content (AvgIpc) is 1.03. The average molecular weight is 1620 g/mol. The number of imidazole rings is 3. The molecule has 2 aliphatic heterocycles. The first-order chi connectivity index (χ1) is 55.3. The van der Waals surface area contributed by atoms with Crippen molar-refractivity contribution in [3.8, 4) is 11.5 Å². The molecule has 1 amide bonds. The van der Waals surface area contributed by atoms with Crippen LogP contribution in [0.5, 0.6) is 11.5 Å². The van der Waals surface area contributed by atoms with Gasteiger partial charge < -0.3 is 50.6 Å². The normalized spacial score (nSPS) is 14.9. The molecule has 614 valence electrons. The largest absolute Gasteiger partial charge is 0.573 e. The number of anilines is 3. The Morgan fingerprint density at radius 3 is 1.28 bits per heavy atom. The summed E-state index contributed by atoms with van der Waals surface area (Å²) in [5.41, 5.74) is 20.5.